The van der Waals surface area contributed by atoms with E-state index in [1.54, 1.807) is 37.4 Å². The van der Waals surface area contributed by atoms with Crippen LogP contribution in [0.25, 0.3) is 6.08 Å². The molecule has 1 fully saturated rings. The predicted molar refractivity (Wildman–Crippen MR) is 141 cm³/mol. The van der Waals surface area contributed by atoms with Crippen molar-refractivity contribution < 1.29 is 23.8 Å². The lowest BCUT2D eigenvalue weighted by Gasteiger charge is -2.12. The average molecular weight is 620 g/mol. The number of carbonyl (C=O) groups excluding carboxylic acids is 1. The third-order valence-electron chi connectivity index (χ3n) is 4.91. The Labute approximate surface area is 221 Å². The molecular formula is C25H17Br2FN2O4S. The van der Waals surface area contributed by atoms with Crippen LogP contribution in [0.4, 0.5) is 10.1 Å². The number of benzene rings is 3. The minimum atomic E-state index is -1.05. The van der Waals surface area contributed by atoms with Gasteiger partial charge in [0.2, 0.25) is 0 Å². The molecule has 0 bridgehead atoms. The fourth-order valence-corrected chi connectivity index (χ4v) is 5.64. The number of nitrogens with zero attached hydrogens (tertiary/aromatic N) is 2. The zero-order valence-electron chi connectivity index (χ0n) is 18.2. The zero-order chi connectivity index (χ0) is 25.1. The number of amidine groups is 1. The van der Waals surface area contributed by atoms with Gasteiger partial charge in [-0.2, -0.15) is 0 Å². The number of aliphatic imine (C=N–C) groups is 1. The SMILES string of the molecule is CN1C(=O)C(=Cc2cc(Br)c(OCc3cccc(F)c3)c(Br)c2)SC1=Nc1cccc(C(=O)O)c1. The molecule has 1 amide bonds. The molecule has 10 heteroatoms. The fourth-order valence-electron chi connectivity index (χ4n) is 3.20. The first-order valence-electron chi connectivity index (χ1n) is 10.2. The number of amides is 1. The van der Waals surface area contributed by atoms with E-state index in [0.717, 1.165) is 5.56 Å². The summed E-state index contributed by atoms with van der Waals surface area (Å²) in [4.78, 5) is 30.3. The van der Waals surface area contributed by atoms with Gasteiger partial charge in [-0.3, -0.25) is 9.69 Å². The summed E-state index contributed by atoms with van der Waals surface area (Å²) in [7, 11) is 1.62. The van der Waals surface area contributed by atoms with E-state index in [2.05, 4.69) is 36.9 Å². The summed E-state index contributed by atoms with van der Waals surface area (Å²) >= 11 is 8.21. The minimum Gasteiger partial charge on any atom is -0.487 e. The largest absolute Gasteiger partial charge is 0.487 e. The third kappa shape index (κ3) is 6.01. The average Bonchev–Trinajstić information content (AvgIpc) is 3.06. The second kappa shape index (κ2) is 10.8. The van der Waals surface area contributed by atoms with Crippen molar-refractivity contribution in [2.45, 2.75) is 6.61 Å². The van der Waals surface area contributed by atoms with Crippen molar-refractivity contribution in [1.82, 2.24) is 4.90 Å². The molecule has 0 atom stereocenters. The van der Waals surface area contributed by atoms with Crippen LogP contribution in [-0.2, 0) is 11.4 Å². The first-order chi connectivity index (χ1) is 16.7. The summed E-state index contributed by atoms with van der Waals surface area (Å²) in [6.07, 6.45) is 1.74. The predicted octanol–water partition coefficient (Wildman–Crippen LogP) is 6.86. The maximum Gasteiger partial charge on any atom is 0.335 e. The lowest BCUT2D eigenvalue weighted by molar-refractivity contribution is -0.121. The number of carbonyl (C=O) groups is 2. The Hall–Kier alpha value is -2.95. The molecule has 6 nitrogen and oxygen atoms in total. The molecule has 0 spiro atoms. The van der Waals surface area contributed by atoms with E-state index in [-0.39, 0.29) is 23.9 Å². The van der Waals surface area contributed by atoms with Crippen molar-refractivity contribution in [3.63, 3.8) is 0 Å². The Morgan fingerprint density at radius 2 is 1.86 bits per heavy atom. The number of ether oxygens (including phenoxy) is 1. The van der Waals surface area contributed by atoms with Crippen molar-refractivity contribution in [2.75, 3.05) is 7.05 Å². The highest BCUT2D eigenvalue weighted by molar-refractivity contribution is 9.11. The van der Waals surface area contributed by atoms with Gasteiger partial charge in [-0.05, 0) is 103 Å². The van der Waals surface area contributed by atoms with Crippen molar-refractivity contribution in [1.29, 1.82) is 0 Å². The molecule has 3 aromatic carbocycles. The molecule has 0 unspecified atom stereocenters. The van der Waals surface area contributed by atoms with Crippen LogP contribution in [0.1, 0.15) is 21.5 Å². The highest BCUT2D eigenvalue weighted by Gasteiger charge is 2.30. The van der Waals surface area contributed by atoms with Gasteiger partial charge in [-0.1, -0.05) is 18.2 Å². The van der Waals surface area contributed by atoms with Crippen molar-refractivity contribution in [3.05, 3.63) is 97.0 Å². The second-order valence-corrected chi connectivity index (χ2v) is 10.2. The van der Waals surface area contributed by atoms with Crippen LogP contribution >= 0.6 is 43.6 Å². The molecule has 0 aromatic heterocycles. The highest BCUT2D eigenvalue weighted by Crippen LogP contribution is 2.38. The number of hydrogen-bond acceptors (Lipinski definition) is 5. The van der Waals surface area contributed by atoms with Crippen LogP contribution in [0.15, 0.2) is 79.5 Å². The molecule has 1 aliphatic heterocycles. The van der Waals surface area contributed by atoms with Crippen LogP contribution in [-0.4, -0.2) is 34.1 Å². The summed E-state index contributed by atoms with van der Waals surface area (Å²) in [6.45, 7) is 0.192. The number of thioether (sulfide) groups is 1. The van der Waals surface area contributed by atoms with Gasteiger partial charge >= 0.3 is 5.97 Å². The van der Waals surface area contributed by atoms with Crippen molar-refractivity contribution >= 4 is 72.4 Å². The number of halogens is 3. The van der Waals surface area contributed by atoms with Gasteiger partial charge in [0.05, 0.1) is 25.1 Å². The van der Waals surface area contributed by atoms with Crippen LogP contribution in [0.3, 0.4) is 0 Å². The van der Waals surface area contributed by atoms with E-state index in [4.69, 9.17) is 4.74 Å². The molecule has 1 N–H and O–H groups in total. The molecule has 1 saturated heterocycles. The Morgan fingerprint density at radius 3 is 2.54 bits per heavy atom. The summed E-state index contributed by atoms with van der Waals surface area (Å²) in [5.41, 5.74) is 2.01. The zero-order valence-corrected chi connectivity index (χ0v) is 22.2. The van der Waals surface area contributed by atoms with E-state index >= 15 is 0 Å². The van der Waals surface area contributed by atoms with Crippen molar-refractivity contribution in [2.24, 2.45) is 4.99 Å². The molecule has 35 heavy (non-hydrogen) atoms. The summed E-state index contributed by atoms with van der Waals surface area (Å²) in [5, 5.41) is 9.62. The molecule has 178 valence electrons. The molecule has 1 aliphatic rings. The summed E-state index contributed by atoms with van der Waals surface area (Å²) in [6, 6.07) is 16.0. The Morgan fingerprint density at radius 1 is 1.14 bits per heavy atom. The van der Waals surface area contributed by atoms with Crippen molar-refractivity contribution in [3.8, 4) is 5.75 Å². The normalized spacial score (nSPS) is 15.8. The summed E-state index contributed by atoms with van der Waals surface area (Å²) in [5.74, 6) is -1.04. The van der Waals surface area contributed by atoms with E-state index in [9.17, 15) is 19.1 Å². The van der Waals surface area contributed by atoms with E-state index in [1.807, 2.05) is 12.1 Å². The number of aromatic carboxylic acids is 1. The fraction of sp³-hybridized carbons (Fsp3) is 0.0800. The van der Waals surface area contributed by atoms with Gasteiger partial charge in [0.1, 0.15) is 18.2 Å². The standard InChI is InChI=1S/C25H17Br2FN2O4S/c1-30-23(31)21(35-25(30)29-18-7-3-5-16(12-18)24(32)33)11-15-9-19(26)22(20(27)10-15)34-13-14-4-2-6-17(28)8-14/h2-12H,13H2,1H3,(H,32,33). The van der Waals surface area contributed by atoms with Crippen LogP contribution in [0.5, 0.6) is 5.75 Å². The maximum absolute atomic E-state index is 13.4. The molecule has 0 saturated carbocycles. The summed E-state index contributed by atoms with van der Waals surface area (Å²) < 4.78 is 20.6. The topological polar surface area (TPSA) is 79.2 Å². The molecular weight excluding hydrogens is 603 g/mol. The number of likely N-dealkylation sites (N-methyl/N-ethyl adjacent to an activating group) is 1. The van der Waals surface area contributed by atoms with E-state index in [1.165, 1.54) is 40.9 Å². The van der Waals surface area contributed by atoms with Gasteiger partial charge < -0.3 is 9.84 Å². The third-order valence-corrected chi connectivity index (χ3v) is 7.15. The van der Waals surface area contributed by atoms with Gasteiger partial charge in [0.15, 0.2) is 5.17 Å². The van der Waals surface area contributed by atoms with Gasteiger partial charge in [0.25, 0.3) is 5.91 Å². The Kier molecular flexibility index (Phi) is 7.73. The lowest BCUT2D eigenvalue weighted by atomic mass is 10.2. The van der Waals surface area contributed by atoms with Gasteiger partial charge in [-0.25, -0.2) is 14.2 Å². The van der Waals surface area contributed by atoms with Gasteiger partial charge in [0, 0.05) is 7.05 Å². The van der Waals surface area contributed by atoms with Gasteiger partial charge in [-0.15, -0.1) is 0 Å². The van der Waals surface area contributed by atoms with Crippen LogP contribution in [0, 0.1) is 5.82 Å². The quantitative estimate of drug-likeness (QED) is 0.305. The smallest absolute Gasteiger partial charge is 0.335 e. The van der Waals surface area contributed by atoms with Crippen LogP contribution < -0.4 is 4.74 Å². The van der Waals surface area contributed by atoms with E-state index in [0.29, 0.717) is 36.0 Å². The first kappa shape index (κ1) is 25.2. The number of carboxylic acids is 1. The molecule has 0 aliphatic carbocycles. The number of hydrogen-bond donors (Lipinski definition) is 1. The molecule has 1 heterocycles. The van der Waals surface area contributed by atoms with Crippen LogP contribution in [0.2, 0.25) is 0 Å². The first-order valence-corrected chi connectivity index (χ1v) is 12.6. The molecule has 0 radical (unpaired) electrons. The van der Waals surface area contributed by atoms with E-state index < -0.39 is 5.97 Å². The lowest BCUT2D eigenvalue weighted by Crippen LogP contribution is -2.23. The number of carboxylic acid groups (broad SMARTS) is 1. The Bertz CT molecular complexity index is 1370. The molecule has 3 aromatic rings. The highest BCUT2D eigenvalue weighted by atomic mass is 79.9. The molecule has 4 rings (SSSR count). The maximum atomic E-state index is 13.4. The number of rotatable bonds is 6. The second-order valence-electron chi connectivity index (χ2n) is 7.46. The monoisotopic (exact) mass is 618 g/mol. The minimum absolute atomic E-state index is 0.119. The Balaban J connectivity index is 1.54.